The predicted molar refractivity (Wildman–Crippen MR) is 194 cm³/mol. The molecule has 0 saturated heterocycles. The first-order valence-electron chi connectivity index (χ1n) is 15.2. The number of benzene rings is 7. The van der Waals surface area contributed by atoms with Gasteiger partial charge in [-0.2, -0.15) is 0 Å². The Bertz CT molecular complexity index is 2180. The molecule has 0 radical (unpaired) electrons. The van der Waals surface area contributed by atoms with Crippen molar-refractivity contribution in [1.29, 1.82) is 0 Å². The Morgan fingerprint density at radius 1 is 0.311 bits per heavy atom. The van der Waals surface area contributed by atoms with Crippen LogP contribution in [0.15, 0.2) is 182 Å². The van der Waals surface area contributed by atoms with Gasteiger partial charge in [-0.25, -0.2) is 0 Å². The van der Waals surface area contributed by atoms with Crippen molar-refractivity contribution in [2.45, 2.75) is 0 Å². The maximum absolute atomic E-state index is 2.43. The zero-order valence-corrected chi connectivity index (χ0v) is 25.4. The van der Waals surface area contributed by atoms with E-state index in [0.29, 0.717) is 0 Å². The van der Waals surface area contributed by atoms with Crippen LogP contribution in [0, 0.1) is 0 Å². The van der Waals surface area contributed by atoms with Gasteiger partial charge in [-0.3, -0.25) is 0 Å². The highest BCUT2D eigenvalue weighted by atomic mass is 32.1. The fourth-order valence-electron chi connectivity index (χ4n) is 6.30. The van der Waals surface area contributed by atoms with Gasteiger partial charge in [-0.1, -0.05) is 115 Å². The Morgan fingerprint density at radius 2 is 0.733 bits per heavy atom. The van der Waals surface area contributed by atoms with E-state index >= 15 is 0 Å². The summed E-state index contributed by atoms with van der Waals surface area (Å²) in [5.74, 6) is 0. The van der Waals surface area contributed by atoms with Crippen LogP contribution in [0.25, 0.3) is 31.3 Å². The molecule has 7 aromatic carbocycles. The second kappa shape index (κ2) is 11.8. The summed E-state index contributed by atoms with van der Waals surface area (Å²) in [5, 5.41) is 2.56. The Kier molecular flexibility index (Phi) is 7.07. The Balaban J connectivity index is 1.39. The van der Waals surface area contributed by atoms with Crippen molar-refractivity contribution in [2.24, 2.45) is 0 Å². The molecule has 0 aliphatic heterocycles. The van der Waals surface area contributed by atoms with Crippen LogP contribution in [0.4, 0.5) is 34.1 Å². The average Bonchev–Trinajstić information content (AvgIpc) is 3.50. The zero-order chi connectivity index (χ0) is 30.0. The topological polar surface area (TPSA) is 6.48 Å². The first kappa shape index (κ1) is 26.9. The maximum atomic E-state index is 2.43. The highest BCUT2D eigenvalue weighted by Crippen LogP contribution is 2.49. The SMILES string of the molecule is c1ccc(N(c2ccccc2)c2ccccc2-c2ccccc2N(c2ccccc2)c2cccc3sc4ccccc4c23)cc1. The minimum absolute atomic E-state index is 1.11. The van der Waals surface area contributed by atoms with E-state index in [0.717, 1.165) is 39.6 Å². The largest absolute Gasteiger partial charge is 0.310 e. The number of anilines is 6. The fourth-order valence-corrected chi connectivity index (χ4v) is 7.43. The van der Waals surface area contributed by atoms with E-state index in [2.05, 4.69) is 192 Å². The number of fused-ring (bicyclic) bond motifs is 3. The summed E-state index contributed by atoms with van der Waals surface area (Å²) in [6.07, 6.45) is 0. The van der Waals surface area contributed by atoms with Crippen LogP contribution in [0.3, 0.4) is 0 Å². The number of thiophene rings is 1. The quantitative estimate of drug-likeness (QED) is 0.181. The molecule has 3 heteroatoms. The summed E-state index contributed by atoms with van der Waals surface area (Å²) < 4.78 is 2.58. The molecular weight excluding hydrogens is 565 g/mol. The average molecular weight is 595 g/mol. The lowest BCUT2D eigenvalue weighted by molar-refractivity contribution is 1.27. The van der Waals surface area contributed by atoms with Crippen molar-refractivity contribution in [2.75, 3.05) is 9.80 Å². The number of nitrogens with zero attached hydrogens (tertiary/aromatic N) is 2. The summed E-state index contributed by atoms with van der Waals surface area (Å²) in [4.78, 5) is 4.79. The molecule has 45 heavy (non-hydrogen) atoms. The van der Waals surface area contributed by atoms with E-state index in [1.165, 1.54) is 25.9 Å². The fraction of sp³-hybridized carbons (Fsp3) is 0. The van der Waals surface area contributed by atoms with Crippen LogP contribution in [0.1, 0.15) is 0 Å². The molecule has 0 N–H and O–H groups in total. The smallest absolute Gasteiger partial charge is 0.0555 e. The summed E-state index contributed by atoms with van der Waals surface area (Å²) in [6.45, 7) is 0. The van der Waals surface area contributed by atoms with Crippen LogP contribution in [0.2, 0.25) is 0 Å². The number of hydrogen-bond donors (Lipinski definition) is 0. The van der Waals surface area contributed by atoms with Crippen LogP contribution < -0.4 is 9.80 Å². The van der Waals surface area contributed by atoms with Gasteiger partial charge in [0.1, 0.15) is 0 Å². The lowest BCUT2D eigenvalue weighted by atomic mass is 9.98. The Morgan fingerprint density at radius 3 is 1.33 bits per heavy atom. The van der Waals surface area contributed by atoms with E-state index in [1.54, 1.807) is 0 Å². The molecule has 0 atom stereocenters. The van der Waals surface area contributed by atoms with Gasteiger partial charge < -0.3 is 9.80 Å². The zero-order valence-electron chi connectivity index (χ0n) is 24.6. The van der Waals surface area contributed by atoms with Gasteiger partial charge in [0, 0.05) is 48.4 Å². The third-order valence-electron chi connectivity index (χ3n) is 8.24. The van der Waals surface area contributed by atoms with Crippen LogP contribution in [-0.2, 0) is 0 Å². The predicted octanol–water partition coefficient (Wildman–Crippen LogP) is 12.7. The molecule has 0 amide bonds. The molecular formula is C42H30N2S. The first-order chi connectivity index (χ1) is 22.4. The van der Waals surface area contributed by atoms with E-state index in [4.69, 9.17) is 0 Å². The van der Waals surface area contributed by atoms with E-state index in [9.17, 15) is 0 Å². The van der Waals surface area contributed by atoms with Crippen molar-refractivity contribution < 1.29 is 0 Å². The monoisotopic (exact) mass is 594 g/mol. The molecule has 2 nitrogen and oxygen atoms in total. The molecule has 0 aliphatic carbocycles. The van der Waals surface area contributed by atoms with Gasteiger partial charge in [-0.15, -0.1) is 11.3 Å². The number of hydrogen-bond acceptors (Lipinski definition) is 3. The molecule has 1 heterocycles. The van der Waals surface area contributed by atoms with Gasteiger partial charge >= 0.3 is 0 Å². The number of para-hydroxylation sites is 5. The third-order valence-corrected chi connectivity index (χ3v) is 9.38. The number of rotatable bonds is 7. The van der Waals surface area contributed by atoms with E-state index < -0.39 is 0 Å². The van der Waals surface area contributed by atoms with Crippen molar-refractivity contribution in [3.63, 3.8) is 0 Å². The summed E-state index contributed by atoms with van der Waals surface area (Å²) in [7, 11) is 0. The molecule has 0 spiro atoms. The lowest BCUT2D eigenvalue weighted by Crippen LogP contribution is -2.13. The summed E-state index contributed by atoms with van der Waals surface area (Å²) >= 11 is 1.85. The minimum Gasteiger partial charge on any atom is -0.310 e. The highest BCUT2D eigenvalue weighted by Gasteiger charge is 2.23. The molecule has 214 valence electrons. The van der Waals surface area contributed by atoms with Crippen molar-refractivity contribution in [3.8, 4) is 11.1 Å². The van der Waals surface area contributed by atoms with Crippen molar-refractivity contribution >= 4 is 65.6 Å². The maximum Gasteiger partial charge on any atom is 0.0555 e. The second-order valence-corrected chi connectivity index (χ2v) is 12.0. The van der Waals surface area contributed by atoms with Crippen molar-refractivity contribution in [1.82, 2.24) is 0 Å². The minimum atomic E-state index is 1.11. The molecule has 0 unspecified atom stereocenters. The molecule has 1 aromatic heterocycles. The molecule has 0 aliphatic rings. The normalized spacial score (nSPS) is 11.1. The standard InChI is InChI=1S/C42H30N2S/c1-4-17-31(18-5-1)43(32-19-6-2-7-20-32)37-26-13-10-23-34(37)35-24-11-14-27-38(35)44(33-21-8-3-9-22-33)39-28-16-30-41-42(39)36-25-12-15-29-40(36)45-41/h1-30H. The highest BCUT2D eigenvalue weighted by molar-refractivity contribution is 7.26. The molecule has 0 bridgehead atoms. The first-order valence-corrected chi connectivity index (χ1v) is 16.0. The Hall–Kier alpha value is -5.64. The summed E-state index contributed by atoms with van der Waals surface area (Å²) in [5.41, 5.74) is 9.08. The van der Waals surface area contributed by atoms with Gasteiger partial charge in [0.25, 0.3) is 0 Å². The third kappa shape index (κ3) is 4.94. The summed E-state index contributed by atoms with van der Waals surface area (Å²) in [6, 6.07) is 65.0. The van der Waals surface area contributed by atoms with Crippen LogP contribution in [0.5, 0.6) is 0 Å². The molecule has 8 rings (SSSR count). The molecule has 0 fully saturated rings. The lowest BCUT2D eigenvalue weighted by Gasteiger charge is -2.31. The van der Waals surface area contributed by atoms with E-state index in [-0.39, 0.29) is 0 Å². The van der Waals surface area contributed by atoms with Gasteiger partial charge in [-0.05, 0) is 66.7 Å². The Labute approximate surface area is 267 Å². The van der Waals surface area contributed by atoms with Crippen LogP contribution >= 0.6 is 11.3 Å². The van der Waals surface area contributed by atoms with Gasteiger partial charge in [0.2, 0.25) is 0 Å². The van der Waals surface area contributed by atoms with Crippen molar-refractivity contribution in [3.05, 3.63) is 182 Å². The second-order valence-electron chi connectivity index (χ2n) is 11.0. The molecule has 8 aromatic rings. The molecule has 0 saturated carbocycles. The van der Waals surface area contributed by atoms with Crippen LogP contribution in [-0.4, -0.2) is 0 Å². The van der Waals surface area contributed by atoms with Gasteiger partial charge in [0.15, 0.2) is 0 Å². The van der Waals surface area contributed by atoms with E-state index in [1.807, 2.05) is 11.3 Å². The van der Waals surface area contributed by atoms with Gasteiger partial charge in [0.05, 0.1) is 17.1 Å².